The molecule has 12 nitrogen and oxygen atoms in total. The van der Waals surface area contributed by atoms with E-state index in [1.807, 2.05) is 27.0 Å². The lowest BCUT2D eigenvalue weighted by Crippen LogP contribution is -2.44. The fourth-order valence-electron chi connectivity index (χ4n) is 4.78. The van der Waals surface area contributed by atoms with Crippen LogP contribution in [0.2, 0.25) is 0 Å². The molecule has 0 amide bonds. The number of ether oxygens (including phenoxy) is 1. The zero-order valence-electron chi connectivity index (χ0n) is 20.7. The minimum absolute atomic E-state index is 0.0665. The number of benzene rings is 1. The van der Waals surface area contributed by atoms with Crippen LogP contribution < -0.4 is 20.0 Å². The van der Waals surface area contributed by atoms with Crippen molar-refractivity contribution in [2.75, 3.05) is 38.1 Å². The molecule has 2 aliphatic rings. The maximum absolute atomic E-state index is 13.9. The Bertz CT molecular complexity index is 1650. The van der Waals surface area contributed by atoms with Gasteiger partial charge in [0.05, 0.1) is 47.1 Å². The number of hydrogen-bond donors (Lipinski definition) is 0. The topological polar surface area (TPSA) is 124 Å². The lowest BCUT2D eigenvalue weighted by molar-refractivity contribution is -0.147. The van der Waals surface area contributed by atoms with Crippen LogP contribution >= 0.6 is 0 Å². The first-order valence-electron chi connectivity index (χ1n) is 12.1. The summed E-state index contributed by atoms with van der Waals surface area (Å²) in [6, 6.07) is 5.27. The summed E-state index contributed by atoms with van der Waals surface area (Å²) in [6.45, 7) is 6.78. The quantitative estimate of drug-likeness (QED) is 0.290. The Kier molecular flexibility index (Phi) is 5.41. The van der Waals surface area contributed by atoms with Crippen LogP contribution in [0.3, 0.4) is 0 Å². The maximum atomic E-state index is 13.9. The molecule has 0 saturated carbocycles. The second-order valence-electron chi connectivity index (χ2n) is 9.40. The van der Waals surface area contributed by atoms with E-state index in [-0.39, 0.29) is 29.8 Å². The molecule has 190 valence electrons. The van der Waals surface area contributed by atoms with Crippen molar-refractivity contribution in [1.82, 2.24) is 29.2 Å². The second kappa shape index (κ2) is 8.66. The number of hydrogen-bond acceptors (Lipinski definition) is 10. The predicted molar refractivity (Wildman–Crippen MR) is 134 cm³/mol. The number of carbonyl (C=O) groups is 2. The molecule has 0 aliphatic carbocycles. The summed E-state index contributed by atoms with van der Waals surface area (Å²) in [6.07, 6.45) is 1.33. The monoisotopic (exact) mass is 503 g/mol. The Labute approximate surface area is 211 Å². The Morgan fingerprint density at radius 1 is 0.946 bits per heavy atom. The zero-order valence-corrected chi connectivity index (χ0v) is 20.7. The molecule has 3 aromatic heterocycles. The second-order valence-corrected chi connectivity index (χ2v) is 9.40. The van der Waals surface area contributed by atoms with Gasteiger partial charge in [-0.1, -0.05) is 0 Å². The van der Waals surface area contributed by atoms with Gasteiger partial charge in [0.1, 0.15) is 11.1 Å². The van der Waals surface area contributed by atoms with Crippen molar-refractivity contribution in [3.05, 3.63) is 46.1 Å². The van der Waals surface area contributed by atoms with Gasteiger partial charge in [0, 0.05) is 26.2 Å². The Morgan fingerprint density at radius 2 is 1.70 bits per heavy atom. The van der Waals surface area contributed by atoms with Crippen LogP contribution in [-0.2, 0) is 9.59 Å². The lowest BCUT2D eigenvalue weighted by Gasteiger charge is -2.35. The van der Waals surface area contributed by atoms with Crippen molar-refractivity contribution < 1.29 is 19.2 Å². The van der Waals surface area contributed by atoms with Crippen molar-refractivity contribution in [3.8, 4) is 17.3 Å². The van der Waals surface area contributed by atoms with E-state index < -0.39 is 17.5 Å². The van der Waals surface area contributed by atoms with E-state index in [4.69, 9.17) is 9.57 Å². The predicted octanol–water partition coefficient (Wildman–Crippen LogP) is 1.13. The van der Waals surface area contributed by atoms with Crippen molar-refractivity contribution in [2.45, 2.75) is 26.7 Å². The number of piperazine rings is 1. The number of aromatic nitrogens is 5. The number of carbonyl (C=O) groups excluding carboxylic acids is 2. The van der Waals surface area contributed by atoms with E-state index in [0.717, 1.165) is 34.7 Å². The van der Waals surface area contributed by atoms with Crippen molar-refractivity contribution in [1.29, 1.82) is 0 Å². The molecule has 0 radical (unpaired) electrons. The summed E-state index contributed by atoms with van der Waals surface area (Å²) < 4.78 is 8.25. The van der Waals surface area contributed by atoms with Gasteiger partial charge in [0.15, 0.2) is 5.75 Å². The summed E-state index contributed by atoms with van der Waals surface area (Å²) in [7, 11) is 2.04. The van der Waals surface area contributed by atoms with Gasteiger partial charge in [-0.3, -0.25) is 14.6 Å². The number of fused-ring (bicyclic) bond motifs is 2. The Balaban J connectivity index is 1.61. The molecule has 0 atom stereocenters. The van der Waals surface area contributed by atoms with Gasteiger partial charge in [-0.25, -0.2) is 14.3 Å². The smallest absolute Gasteiger partial charge is 0.333 e. The van der Waals surface area contributed by atoms with E-state index in [1.165, 1.54) is 0 Å². The van der Waals surface area contributed by atoms with Crippen LogP contribution in [0.25, 0.3) is 27.9 Å². The molecule has 1 aromatic carbocycles. The maximum Gasteiger partial charge on any atom is 0.333 e. The molecular formula is C25H25N7O5. The molecule has 2 bridgehead atoms. The molecular weight excluding hydrogens is 478 g/mol. The Hall–Kier alpha value is -4.32. The van der Waals surface area contributed by atoms with Gasteiger partial charge in [-0.2, -0.15) is 5.10 Å². The number of rotatable bonds is 2. The normalized spacial score (nSPS) is 16.9. The van der Waals surface area contributed by atoms with Gasteiger partial charge in [0.2, 0.25) is 5.82 Å². The summed E-state index contributed by atoms with van der Waals surface area (Å²) in [5.74, 6) is -1.17. The molecule has 4 aromatic rings. The Morgan fingerprint density at radius 3 is 2.49 bits per heavy atom. The van der Waals surface area contributed by atoms with Crippen LogP contribution in [-0.4, -0.2) is 74.4 Å². The average Bonchev–Trinajstić information content (AvgIpc) is 3.29. The van der Waals surface area contributed by atoms with Crippen molar-refractivity contribution in [3.63, 3.8) is 0 Å². The molecule has 6 rings (SSSR count). The molecule has 0 spiro atoms. The van der Waals surface area contributed by atoms with Gasteiger partial charge in [-0.15, -0.1) is 4.73 Å². The number of likely N-dealkylation sites (N-methyl/N-ethyl adjacent to an activating group) is 1. The van der Waals surface area contributed by atoms with E-state index in [1.54, 1.807) is 22.8 Å². The van der Waals surface area contributed by atoms with Crippen LogP contribution in [0.15, 0.2) is 29.2 Å². The molecule has 0 N–H and O–H groups in total. The van der Waals surface area contributed by atoms with Gasteiger partial charge in [0.25, 0.3) is 5.56 Å². The fraction of sp³-hybridized carbons (Fsp3) is 0.360. The van der Waals surface area contributed by atoms with E-state index in [2.05, 4.69) is 24.9 Å². The van der Waals surface area contributed by atoms with Gasteiger partial charge in [-0.05, 0) is 39.1 Å². The van der Waals surface area contributed by atoms with Gasteiger partial charge >= 0.3 is 11.9 Å². The highest BCUT2D eigenvalue weighted by molar-refractivity contribution is 5.94. The third-order valence-electron chi connectivity index (χ3n) is 6.71. The number of anilines is 1. The zero-order chi connectivity index (χ0) is 25.8. The SMILES string of the molecule is Cc1cn2nc(-c3nc4ccc(N5CCN(C)CC5)c5c4c(=O)n3OC(=O)CCC(=O)O5)cc2c(C)n1. The number of nitrogens with zero attached hydrogens (tertiary/aromatic N) is 7. The standard InChI is InChI=1S/C25H25N7O5/c1-14-13-31-19(15(2)26-14)12-17(28-31)24-27-16-4-5-18(30-10-8-29(3)9-11-30)23-22(16)25(35)32(24)37-21(34)7-6-20(33)36-23/h4-5,12-13H,6-11H2,1-3H3. The molecule has 1 saturated heterocycles. The first kappa shape index (κ1) is 23.1. The minimum Gasteiger partial charge on any atom is -0.423 e. The first-order valence-corrected chi connectivity index (χ1v) is 12.1. The van der Waals surface area contributed by atoms with Gasteiger partial charge < -0.3 is 19.4 Å². The third kappa shape index (κ3) is 3.99. The average molecular weight is 504 g/mol. The summed E-state index contributed by atoms with van der Waals surface area (Å²) in [4.78, 5) is 58.0. The molecule has 37 heavy (non-hydrogen) atoms. The minimum atomic E-state index is -0.752. The van der Waals surface area contributed by atoms with Crippen LogP contribution in [0, 0.1) is 13.8 Å². The number of esters is 1. The highest BCUT2D eigenvalue weighted by atomic mass is 16.7. The van der Waals surface area contributed by atoms with Crippen molar-refractivity contribution >= 4 is 34.0 Å². The molecule has 2 aliphatic heterocycles. The van der Waals surface area contributed by atoms with Crippen LogP contribution in [0.5, 0.6) is 5.75 Å². The van der Waals surface area contributed by atoms with Crippen molar-refractivity contribution in [2.24, 2.45) is 0 Å². The van der Waals surface area contributed by atoms with Crippen LogP contribution in [0.1, 0.15) is 24.2 Å². The molecule has 0 unspecified atom stereocenters. The lowest BCUT2D eigenvalue weighted by atomic mass is 10.1. The van der Waals surface area contributed by atoms with E-state index in [9.17, 15) is 14.4 Å². The highest BCUT2D eigenvalue weighted by Crippen LogP contribution is 2.36. The summed E-state index contributed by atoms with van der Waals surface area (Å²) >= 11 is 0. The molecule has 5 heterocycles. The largest absolute Gasteiger partial charge is 0.423 e. The van der Waals surface area contributed by atoms with Crippen LogP contribution in [0.4, 0.5) is 5.69 Å². The summed E-state index contributed by atoms with van der Waals surface area (Å²) in [5, 5.41) is 4.65. The first-order chi connectivity index (χ1) is 17.8. The van der Waals surface area contributed by atoms with E-state index >= 15 is 0 Å². The molecule has 12 heteroatoms. The fourth-order valence-corrected chi connectivity index (χ4v) is 4.78. The molecule has 1 fully saturated rings. The summed E-state index contributed by atoms with van der Waals surface area (Å²) in [5.41, 5.74) is 2.87. The number of aryl methyl sites for hydroxylation is 2. The van der Waals surface area contributed by atoms with E-state index in [0.29, 0.717) is 30.0 Å². The third-order valence-corrected chi connectivity index (χ3v) is 6.71. The highest BCUT2D eigenvalue weighted by Gasteiger charge is 2.28.